The maximum Gasteiger partial charge on any atom is 0.409 e. The molecule has 25 heavy (non-hydrogen) atoms. The molecule has 1 aliphatic rings. The second kappa shape index (κ2) is 7.82. The Hall–Kier alpha value is -2.84. The molecule has 134 valence electrons. The van der Waals surface area contributed by atoms with Gasteiger partial charge in [0.15, 0.2) is 11.5 Å². The summed E-state index contributed by atoms with van der Waals surface area (Å²) in [7, 11) is 1.39. The van der Waals surface area contributed by atoms with E-state index in [1.54, 1.807) is 17.2 Å². The quantitative estimate of drug-likeness (QED) is 0.785. The highest BCUT2D eigenvalue weighted by Crippen LogP contribution is 2.20. The molecule has 0 bridgehead atoms. The first-order valence-corrected chi connectivity index (χ1v) is 8.37. The number of hydrogen-bond acceptors (Lipinski definition) is 5. The van der Waals surface area contributed by atoms with Gasteiger partial charge in [-0.25, -0.2) is 19.6 Å². The van der Waals surface area contributed by atoms with E-state index in [-0.39, 0.29) is 18.2 Å². The van der Waals surface area contributed by atoms with Crippen LogP contribution in [-0.2, 0) is 4.74 Å². The number of aromatic nitrogens is 3. The van der Waals surface area contributed by atoms with Gasteiger partial charge in [0.1, 0.15) is 5.52 Å². The van der Waals surface area contributed by atoms with Crippen molar-refractivity contribution in [1.29, 1.82) is 0 Å². The smallest absolute Gasteiger partial charge is 0.409 e. The zero-order valence-corrected chi connectivity index (χ0v) is 14.1. The molecule has 1 fully saturated rings. The summed E-state index contributed by atoms with van der Waals surface area (Å²) in [5, 5.41) is 5.46. The molecule has 0 spiro atoms. The van der Waals surface area contributed by atoms with Gasteiger partial charge in [0.25, 0.3) is 0 Å². The molecule has 1 unspecified atom stereocenters. The van der Waals surface area contributed by atoms with Gasteiger partial charge in [-0.1, -0.05) is 0 Å². The average Bonchev–Trinajstić information content (AvgIpc) is 3.09. The fourth-order valence-corrected chi connectivity index (χ4v) is 3.06. The lowest BCUT2D eigenvalue weighted by atomic mass is 10.00. The molecule has 1 atom stereocenters. The zero-order chi connectivity index (χ0) is 17.6. The molecular weight excluding hydrogens is 324 g/mol. The van der Waals surface area contributed by atoms with Crippen LogP contribution in [0.3, 0.4) is 0 Å². The number of methoxy groups -OCH3 is 1. The molecule has 2 aromatic heterocycles. The van der Waals surface area contributed by atoms with Gasteiger partial charge in [-0.15, -0.1) is 0 Å². The third-order valence-electron chi connectivity index (χ3n) is 4.30. The van der Waals surface area contributed by atoms with Crippen molar-refractivity contribution in [3.8, 4) is 0 Å². The monoisotopic (exact) mass is 346 g/mol. The van der Waals surface area contributed by atoms with Crippen LogP contribution in [0.1, 0.15) is 25.7 Å². The fraction of sp³-hybridized carbons (Fsp3) is 0.500. The van der Waals surface area contributed by atoms with Gasteiger partial charge in [0, 0.05) is 25.3 Å². The summed E-state index contributed by atoms with van der Waals surface area (Å²) < 4.78 is 4.82. The maximum absolute atomic E-state index is 12.0. The number of H-pyrrole nitrogens is 1. The second-order valence-corrected chi connectivity index (χ2v) is 5.95. The third kappa shape index (κ3) is 4.17. The van der Waals surface area contributed by atoms with Gasteiger partial charge >= 0.3 is 12.1 Å². The Morgan fingerprint density at radius 3 is 3.16 bits per heavy atom. The number of aromatic amines is 1. The Bertz CT molecular complexity index is 746. The van der Waals surface area contributed by atoms with Crippen LogP contribution in [0.4, 0.5) is 15.4 Å². The molecule has 0 radical (unpaired) electrons. The Morgan fingerprint density at radius 2 is 2.32 bits per heavy atom. The number of rotatable bonds is 4. The molecule has 3 N–H and O–H groups in total. The number of ether oxygens (including phenoxy) is 1. The van der Waals surface area contributed by atoms with Crippen LogP contribution in [0, 0.1) is 0 Å². The number of likely N-dealkylation sites (tertiary alicyclic amines) is 1. The van der Waals surface area contributed by atoms with Crippen LogP contribution < -0.4 is 10.6 Å². The minimum absolute atomic E-state index is 0.0949. The number of piperidine rings is 1. The van der Waals surface area contributed by atoms with Crippen LogP contribution in [0.2, 0.25) is 0 Å². The molecule has 0 saturated carbocycles. The molecular formula is C16H22N6O3. The third-order valence-corrected chi connectivity index (χ3v) is 4.30. The molecule has 0 aliphatic carbocycles. The van der Waals surface area contributed by atoms with E-state index in [2.05, 4.69) is 25.6 Å². The van der Waals surface area contributed by atoms with Crippen LogP contribution in [0.25, 0.3) is 11.2 Å². The van der Waals surface area contributed by atoms with E-state index in [4.69, 9.17) is 4.74 Å². The number of hydrogen-bond donors (Lipinski definition) is 3. The van der Waals surface area contributed by atoms with Crippen molar-refractivity contribution < 1.29 is 14.3 Å². The lowest BCUT2D eigenvalue weighted by Crippen LogP contribution is -2.45. The number of carbonyl (C=O) groups excluding carboxylic acids is 2. The summed E-state index contributed by atoms with van der Waals surface area (Å²) in [5.41, 5.74) is 1.36. The summed E-state index contributed by atoms with van der Waals surface area (Å²) in [4.78, 5) is 36.9. The maximum atomic E-state index is 12.0. The van der Waals surface area contributed by atoms with E-state index in [1.807, 2.05) is 0 Å². The first-order chi connectivity index (χ1) is 12.2. The predicted molar refractivity (Wildman–Crippen MR) is 92.3 cm³/mol. The van der Waals surface area contributed by atoms with Crippen molar-refractivity contribution in [3.05, 3.63) is 18.5 Å². The van der Waals surface area contributed by atoms with E-state index in [9.17, 15) is 9.59 Å². The summed E-state index contributed by atoms with van der Waals surface area (Å²) in [6.45, 7) is 1.17. The van der Waals surface area contributed by atoms with Gasteiger partial charge in [0.2, 0.25) is 0 Å². The van der Waals surface area contributed by atoms with Gasteiger partial charge in [-0.3, -0.25) is 5.32 Å². The molecule has 3 rings (SSSR count). The molecule has 0 aromatic carbocycles. The largest absolute Gasteiger partial charge is 0.453 e. The molecule has 1 saturated heterocycles. The van der Waals surface area contributed by atoms with Crippen molar-refractivity contribution in [2.45, 2.75) is 31.7 Å². The summed E-state index contributed by atoms with van der Waals surface area (Å²) in [6, 6.07) is 1.54. The fourth-order valence-electron chi connectivity index (χ4n) is 3.06. The normalized spacial score (nSPS) is 17.3. The number of urea groups is 1. The minimum Gasteiger partial charge on any atom is -0.453 e. The van der Waals surface area contributed by atoms with Crippen LogP contribution in [0.15, 0.2) is 18.5 Å². The number of anilines is 1. The van der Waals surface area contributed by atoms with Gasteiger partial charge in [0.05, 0.1) is 13.3 Å². The van der Waals surface area contributed by atoms with Gasteiger partial charge < -0.3 is 19.9 Å². The first-order valence-electron chi connectivity index (χ1n) is 8.37. The van der Waals surface area contributed by atoms with E-state index in [0.717, 1.165) is 19.3 Å². The molecule has 9 nitrogen and oxygen atoms in total. The lowest BCUT2D eigenvalue weighted by molar-refractivity contribution is 0.0872. The minimum atomic E-state index is -0.343. The Morgan fingerprint density at radius 1 is 1.44 bits per heavy atom. The number of nitrogens with one attached hydrogen (secondary N) is 3. The van der Waals surface area contributed by atoms with Crippen molar-refractivity contribution in [2.24, 2.45) is 0 Å². The molecule has 9 heteroatoms. The number of fused-ring (bicyclic) bond motifs is 1. The molecule has 3 heterocycles. The Kier molecular flexibility index (Phi) is 5.32. The van der Waals surface area contributed by atoms with Crippen LogP contribution >= 0.6 is 0 Å². The summed E-state index contributed by atoms with van der Waals surface area (Å²) in [6.07, 6.45) is 6.61. The second-order valence-electron chi connectivity index (χ2n) is 5.95. The van der Waals surface area contributed by atoms with E-state index >= 15 is 0 Å². The summed E-state index contributed by atoms with van der Waals surface area (Å²) >= 11 is 0. The standard InChI is InChI=1S/C16H22N6O3/c1-25-16(24)22-9-3-2-4-11(22)5-7-18-15(23)21-13-10-19-14-12(20-13)6-8-17-14/h6,8,10-11H,2-5,7,9H2,1H3,(H,17,19)(H2,18,20,21,23). The molecule has 2 aromatic rings. The van der Waals surface area contributed by atoms with Crippen LogP contribution in [-0.4, -0.2) is 58.2 Å². The lowest BCUT2D eigenvalue weighted by Gasteiger charge is -2.34. The van der Waals surface area contributed by atoms with Gasteiger partial charge in [-0.05, 0) is 31.7 Å². The van der Waals surface area contributed by atoms with E-state index in [0.29, 0.717) is 36.5 Å². The number of nitrogens with zero attached hydrogens (tertiary/aromatic N) is 3. The van der Waals surface area contributed by atoms with Crippen molar-refractivity contribution >= 4 is 29.1 Å². The van der Waals surface area contributed by atoms with Crippen molar-refractivity contribution in [1.82, 2.24) is 25.2 Å². The zero-order valence-electron chi connectivity index (χ0n) is 14.1. The molecule has 3 amide bonds. The number of carbonyl (C=O) groups is 2. The predicted octanol–water partition coefficient (Wildman–Crippen LogP) is 2.09. The summed E-state index contributed by atoms with van der Waals surface area (Å²) in [5.74, 6) is 0.387. The highest BCUT2D eigenvalue weighted by atomic mass is 16.5. The number of amides is 3. The van der Waals surface area contributed by atoms with E-state index < -0.39 is 0 Å². The Balaban J connectivity index is 1.47. The average molecular weight is 346 g/mol. The molecule has 1 aliphatic heterocycles. The van der Waals surface area contributed by atoms with Crippen molar-refractivity contribution in [2.75, 3.05) is 25.5 Å². The van der Waals surface area contributed by atoms with Gasteiger partial charge in [-0.2, -0.15) is 0 Å². The SMILES string of the molecule is COC(=O)N1CCCCC1CCNC(=O)Nc1cnc2[nH]ccc2n1. The topological polar surface area (TPSA) is 112 Å². The van der Waals surface area contributed by atoms with E-state index in [1.165, 1.54) is 13.3 Å². The Labute approximate surface area is 145 Å². The van der Waals surface area contributed by atoms with Crippen molar-refractivity contribution in [3.63, 3.8) is 0 Å². The van der Waals surface area contributed by atoms with Crippen LogP contribution in [0.5, 0.6) is 0 Å². The highest BCUT2D eigenvalue weighted by Gasteiger charge is 2.26. The first kappa shape index (κ1) is 17.0. The highest BCUT2D eigenvalue weighted by molar-refractivity contribution is 5.89.